The van der Waals surface area contributed by atoms with Gasteiger partial charge in [0.25, 0.3) is 0 Å². The Morgan fingerprint density at radius 1 is 1.36 bits per heavy atom. The third-order valence-corrected chi connectivity index (χ3v) is 5.10. The van der Waals surface area contributed by atoms with Crippen molar-refractivity contribution in [1.82, 2.24) is 10.6 Å². The molecule has 6 nitrogen and oxygen atoms in total. The van der Waals surface area contributed by atoms with Gasteiger partial charge in [-0.2, -0.15) is 0 Å². The SMILES string of the molecule is C[C@H]1OCCN[C@@H]1C(=O)NCCS(=O)(=O)c1ccccc1.Cl. The average molecular weight is 349 g/mol. The van der Waals surface area contributed by atoms with E-state index >= 15 is 0 Å². The maximum atomic E-state index is 12.1. The van der Waals surface area contributed by atoms with E-state index in [1.807, 2.05) is 6.92 Å². The summed E-state index contributed by atoms with van der Waals surface area (Å²) in [5.74, 6) is -0.351. The molecule has 2 N–H and O–H groups in total. The van der Waals surface area contributed by atoms with Crippen LogP contribution >= 0.6 is 12.4 Å². The van der Waals surface area contributed by atoms with E-state index in [1.165, 1.54) is 0 Å². The number of ether oxygens (including phenoxy) is 1. The van der Waals surface area contributed by atoms with Crippen LogP contribution in [0.2, 0.25) is 0 Å². The zero-order valence-electron chi connectivity index (χ0n) is 12.3. The predicted molar refractivity (Wildman–Crippen MR) is 86.0 cm³/mol. The Morgan fingerprint density at radius 3 is 2.68 bits per heavy atom. The molecule has 0 aliphatic carbocycles. The number of carbonyl (C=O) groups excluding carboxylic acids is 1. The highest BCUT2D eigenvalue weighted by molar-refractivity contribution is 7.91. The fourth-order valence-electron chi connectivity index (χ4n) is 2.19. The van der Waals surface area contributed by atoms with Gasteiger partial charge in [-0.25, -0.2) is 8.42 Å². The van der Waals surface area contributed by atoms with Gasteiger partial charge in [-0.3, -0.25) is 4.79 Å². The van der Waals surface area contributed by atoms with Gasteiger partial charge < -0.3 is 15.4 Å². The van der Waals surface area contributed by atoms with Crippen LogP contribution in [0.15, 0.2) is 35.2 Å². The quantitative estimate of drug-likeness (QED) is 0.803. The molecule has 1 fully saturated rings. The third-order valence-electron chi connectivity index (χ3n) is 3.37. The van der Waals surface area contributed by atoms with Gasteiger partial charge in [-0.1, -0.05) is 18.2 Å². The summed E-state index contributed by atoms with van der Waals surface area (Å²) in [5, 5.41) is 5.71. The number of rotatable bonds is 5. The van der Waals surface area contributed by atoms with E-state index in [2.05, 4.69) is 10.6 Å². The number of morpholine rings is 1. The molecule has 1 aromatic carbocycles. The molecule has 0 bridgehead atoms. The molecule has 2 rings (SSSR count). The molecule has 0 radical (unpaired) electrons. The minimum Gasteiger partial charge on any atom is -0.375 e. The fraction of sp³-hybridized carbons (Fsp3) is 0.500. The van der Waals surface area contributed by atoms with E-state index in [4.69, 9.17) is 4.74 Å². The lowest BCUT2D eigenvalue weighted by atomic mass is 10.1. The van der Waals surface area contributed by atoms with Crippen LogP contribution < -0.4 is 10.6 Å². The van der Waals surface area contributed by atoms with Crippen molar-refractivity contribution in [2.75, 3.05) is 25.4 Å². The molecule has 1 heterocycles. The first kappa shape index (κ1) is 18.9. The molecular weight excluding hydrogens is 328 g/mol. The Bertz CT molecular complexity index is 580. The lowest BCUT2D eigenvalue weighted by Gasteiger charge is -2.29. The maximum absolute atomic E-state index is 12.1. The van der Waals surface area contributed by atoms with Crippen LogP contribution in [0.4, 0.5) is 0 Å². The van der Waals surface area contributed by atoms with E-state index in [-0.39, 0.29) is 41.6 Å². The molecule has 1 saturated heterocycles. The maximum Gasteiger partial charge on any atom is 0.239 e. The number of benzene rings is 1. The number of hydrogen-bond acceptors (Lipinski definition) is 5. The summed E-state index contributed by atoms with van der Waals surface area (Å²) in [7, 11) is -3.37. The Hall–Kier alpha value is -1.15. The van der Waals surface area contributed by atoms with Crippen molar-refractivity contribution in [2.24, 2.45) is 0 Å². The normalized spacial score (nSPS) is 21.7. The third kappa shape index (κ3) is 4.95. The van der Waals surface area contributed by atoms with Crippen molar-refractivity contribution in [3.05, 3.63) is 30.3 Å². The van der Waals surface area contributed by atoms with Crippen LogP contribution in [-0.2, 0) is 19.4 Å². The summed E-state index contributed by atoms with van der Waals surface area (Å²) in [5.41, 5.74) is 0. The van der Waals surface area contributed by atoms with Crippen molar-refractivity contribution in [3.8, 4) is 0 Å². The van der Waals surface area contributed by atoms with Crippen LogP contribution in [0.3, 0.4) is 0 Å². The first-order valence-corrected chi connectivity index (χ1v) is 8.56. The minimum atomic E-state index is -3.37. The van der Waals surface area contributed by atoms with Gasteiger partial charge in [0.15, 0.2) is 9.84 Å². The highest BCUT2D eigenvalue weighted by Crippen LogP contribution is 2.09. The first-order chi connectivity index (χ1) is 10.0. The summed E-state index contributed by atoms with van der Waals surface area (Å²) in [6.45, 7) is 3.09. The molecular formula is C14H21ClN2O4S. The number of hydrogen-bond donors (Lipinski definition) is 2. The standard InChI is InChI=1S/C14H20N2O4S.ClH/c1-11-13(15-7-9-20-11)14(17)16-8-10-21(18,19)12-5-3-2-4-6-12;/h2-6,11,13,15H,7-10H2,1H3,(H,16,17);1H/t11-,13+;/m1./s1. The molecule has 0 spiro atoms. The van der Waals surface area contributed by atoms with E-state index < -0.39 is 15.9 Å². The topological polar surface area (TPSA) is 84.5 Å². The molecule has 0 saturated carbocycles. The van der Waals surface area contributed by atoms with Gasteiger partial charge in [0.05, 0.1) is 23.4 Å². The van der Waals surface area contributed by atoms with Gasteiger partial charge in [-0.15, -0.1) is 12.4 Å². The van der Waals surface area contributed by atoms with Gasteiger partial charge in [0.1, 0.15) is 6.04 Å². The van der Waals surface area contributed by atoms with Crippen molar-refractivity contribution in [3.63, 3.8) is 0 Å². The van der Waals surface area contributed by atoms with Gasteiger partial charge in [0, 0.05) is 13.1 Å². The molecule has 1 aliphatic heterocycles. The second-order valence-electron chi connectivity index (χ2n) is 4.93. The molecule has 1 aromatic rings. The fourth-order valence-corrected chi connectivity index (χ4v) is 3.37. The van der Waals surface area contributed by atoms with Gasteiger partial charge in [-0.05, 0) is 19.1 Å². The van der Waals surface area contributed by atoms with E-state index in [9.17, 15) is 13.2 Å². The Morgan fingerprint density at radius 2 is 2.05 bits per heavy atom. The second-order valence-corrected chi connectivity index (χ2v) is 7.04. The summed E-state index contributed by atoms with van der Waals surface area (Å²) in [6, 6.07) is 7.79. The second kappa shape index (κ2) is 8.47. The molecule has 8 heteroatoms. The summed E-state index contributed by atoms with van der Waals surface area (Å²) in [4.78, 5) is 12.3. The monoisotopic (exact) mass is 348 g/mol. The molecule has 0 aromatic heterocycles. The van der Waals surface area contributed by atoms with Crippen LogP contribution in [0.25, 0.3) is 0 Å². The molecule has 2 atom stereocenters. The van der Waals surface area contributed by atoms with Crippen LogP contribution in [0.1, 0.15) is 6.92 Å². The lowest BCUT2D eigenvalue weighted by molar-refractivity contribution is -0.128. The highest BCUT2D eigenvalue weighted by atomic mass is 35.5. The van der Waals surface area contributed by atoms with Gasteiger partial charge in [0.2, 0.25) is 5.91 Å². The number of nitrogens with one attached hydrogen (secondary N) is 2. The predicted octanol–water partition coefficient (Wildman–Crippen LogP) is 0.375. The minimum absolute atomic E-state index is 0. The Balaban J connectivity index is 0.00000242. The average Bonchev–Trinajstić information content (AvgIpc) is 2.48. The molecule has 0 unspecified atom stereocenters. The van der Waals surface area contributed by atoms with Crippen LogP contribution in [0.5, 0.6) is 0 Å². The summed E-state index contributed by atoms with van der Waals surface area (Å²) < 4.78 is 29.5. The van der Waals surface area contributed by atoms with Crippen LogP contribution in [0, 0.1) is 0 Å². The largest absolute Gasteiger partial charge is 0.375 e. The molecule has 124 valence electrons. The number of amides is 1. The van der Waals surface area contributed by atoms with E-state index in [0.717, 1.165) is 0 Å². The van der Waals surface area contributed by atoms with Crippen molar-refractivity contribution in [2.45, 2.75) is 24.0 Å². The molecule has 1 amide bonds. The number of sulfone groups is 1. The smallest absolute Gasteiger partial charge is 0.239 e. The van der Waals surface area contributed by atoms with Crippen molar-refractivity contribution in [1.29, 1.82) is 0 Å². The summed E-state index contributed by atoms with van der Waals surface area (Å²) >= 11 is 0. The number of halogens is 1. The zero-order valence-corrected chi connectivity index (χ0v) is 14.0. The molecule has 22 heavy (non-hydrogen) atoms. The molecule has 1 aliphatic rings. The van der Waals surface area contributed by atoms with Gasteiger partial charge >= 0.3 is 0 Å². The summed E-state index contributed by atoms with van der Waals surface area (Å²) in [6.07, 6.45) is -0.218. The number of carbonyl (C=O) groups is 1. The highest BCUT2D eigenvalue weighted by Gasteiger charge is 2.28. The first-order valence-electron chi connectivity index (χ1n) is 6.91. The van der Waals surface area contributed by atoms with E-state index in [0.29, 0.717) is 13.2 Å². The Kier molecular flexibility index (Phi) is 7.28. The lowest BCUT2D eigenvalue weighted by Crippen LogP contribution is -2.55. The zero-order chi connectivity index (χ0) is 15.3. The van der Waals surface area contributed by atoms with Crippen molar-refractivity contribution >= 4 is 28.2 Å². The van der Waals surface area contributed by atoms with E-state index in [1.54, 1.807) is 30.3 Å². The van der Waals surface area contributed by atoms with Crippen molar-refractivity contribution < 1.29 is 17.9 Å². The van der Waals surface area contributed by atoms with Crippen LogP contribution in [-0.4, -0.2) is 51.9 Å². The Labute approximate surface area is 136 Å².